The van der Waals surface area contributed by atoms with Crippen LogP contribution in [0.3, 0.4) is 0 Å². The molecular formula is C15H19N5. The van der Waals surface area contributed by atoms with Gasteiger partial charge in [-0.15, -0.1) is 0 Å². The maximum absolute atomic E-state index is 4.55. The van der Waals surface area contributed by atoms with E-state index < -0.39 is 0 Å². The lowest BCUT2D eigenvalue weighted by atomic mass is 9.93. The molecule has 1 fully saturated rings. The quantitative estimate of drug-likeness (QED) is 0.837. The molecule has 0 amide bonds. The molecule has 0 atom stereocenters. The molecule has 3 heterocycles. The van der Waals surface area contributed by atoms with Crippen molar-refractivity contribution < 1.29 is 0 Å². The Morgan fingerprint density at radius 1 is 1.10 bits per heavy atom. The van der Waals surface area contributed by atoms with Crippen molar-refractivity contribution in [3.05, 3.63) is 41.9 Å². The zero-order valence-corrected chi connectivity index (χ0v) is 12.0. The van der Waals surface area contributed by atoms with Crippen LogP contribution >= 0.6 is 0 Å². The van der Waals surface area contributed by atoms with Crippen LogP contribution in [-0.4, -0.2) is 33.0 Å². The summed E-state index contributed by atoms with van der Waals surface area (Å²) in [5, 5.41) is 0. The molecule has 0 saturated carbocycles. The molecular weight excluding hydrogens is 250 g/mol. The number of anilines is 1. The van der Waals surface area contributed by atoms with Gasteiger partial charge in [0.05, 0.1) is 0 Å². The van der Waals surface area contributed by atoms with Gasteiger partial charge in [0.1, 0.15) is 18.0 Å². The first kappa shape index (κ1) is 13.0. The van der Waals surface area contributed by atoms with Gasteiger partial charge in [-0.05, 0) is 32.8 Å². The molecule has 20 heavy (non-hydrogen) atoms. The molecule has 0 radical (unpaired) electrons. The Morgan fingerprint density at radius 3 is 2.60 bits per heavy atom. The van der Waals surface area contributed by atoms with Crippen molar-refractivity contribution >= 4 is 5.82 Å². The summed E-state index contributed by atoms with van der Waals surface area (Å²) in [6.45, 7) is 5.98. The lowest BCUT2D eigenvalue weighted by Crippen LogP contribution is -2.33. The first-order valence-electron chi connectivity index (χ1n) is 7.05. The van der Waals surface area contributed by atoms with E-state index in [2.05, 4.69) is 30.9 Å². The maximum atomic E-state index is 4.55. The molecule has 0 aliphatic carbocycles. The fourth-order valence-electron chi connectivity index (χ4n) is 2.72. The lowest BCUT2D eigenvalue weighted by molar-refractivity contribution is 0.492. The third kappa shape index (κ3) is 2.76. The van der Waals surface area contributed by atoms with Crippen molar-refractivity contribution in [3.8, 4) is 0 Å². The number of rotatable bonds is 2. The van der Waals surface area contributed by atoms with Gasteiger partial charge < -0.3 is 4.90 Å². The largest absolute Gasteiger partial charge is 0.356 e. The van der Waals surface area contributed by atoms with E-state index in [1.807, 2.05) is 26.1 Å². The standard InChI is InChI=1S/C15H19N5/c1-11-9-15(18-10-17-11)20-7-4-13(5-8-20)14-3-6-16-12(2)19-14/h3,6,9-10,13H,4-5,7-8H2,1-2H3. The molecule has 0 aromatic carbocycles. The number of aryl methyl sites for hydroxylation is 2. The van der Waals surface area contributed by atoms with Crippen molar-refractivity contribution in [3.63, 3.8) is 0 Å². The van der Waals surface area contributed by atoms with Crippen LogP contribution in [0.2, 0.25) is 0 Å². The van der Waals surface area contributed by atoms with Crippen LogP contribution in [0.5, 0.6) is 0 Å². The van der Waals surface area contributed by atoms with Crippen molar-refractivity contribution in [2.24, 2.45) is 0 Å². The first-order chi connectivity index (χ1) is 9.72. The van der Waals surface area contributed by atoms with Gasteiger partial charge in [0.15, 0.2) is 0 Å². The summed E-state index contributed by atoms with van der Waals surface area (Å²) in [7, 11) is 0. The summed E-state index contributed by atoms with van der Waals surface area (Å²) < 4.78 is 0. The topological polar surface area (TPSA) is 54.8 Å². The summed E-state index contributed by atoms with van der Waals surface area (Å²) in [6, 6.07) is 4.09. The lowest BCUT2D eigenvalue weighted by Gasteiger charge is -2.32. The van der Waals surface area contributed by atoms with Crippen molar-refractivity contribution in [2.45, 2.75) is 32.6 Å². The van der Waals surface area contributed by atoms with Gasteiger partial charge in [-0.3, -0.25) is 0 Å². The molecule has 3 rings (SSSR count). The minimum Gasteiger partial charge on any atom is -0.356 e. The molecule has 0 unspecified atom stereocenters. The van der Waals surface area contributed by atoms with E-state index in [1.54, 1.807) is 6.33 Å². The third-order valence-electron chi connectivity index (χ3n) is 3.82. The summed E-state index contributed by atoms with van der Waals surface area (Å²) in [6.07, 6.45) is 5.72. The third-order valence-corrected chi connectivity index (χ3v) is 3.82. The molecule has 2 aromatic rings. The molecule has 1 saturated heterocycles. The SMILES string of the molecule is Cc1cc(N2CCC(c3ccnc(C)n3)CC2)ncn1. The second-order valence-electron chi connectivity index (χ2n) is 5.31. The van der Waals surface area contributed by atoms with Crippen molar-refractivity contribution in [1.29, 1.82) is 0 Å². The predicted octanol–water partition coefficient (Wildman–Crippen LogP) is 2.27. The van der Waals surface area contributed by atoms with E-state index in [1.165, 1.54) is 5.69 Å². The summed E-state index contributed by atoms with van der Waals surface area (Å²) in [5.74, 6) is 2.43. The molecule has 0 bridgehead atoms. The highest BCUT2D eigenvalue weighted by Gasteiger charge is 2.22. The smallest absolute Gasteiger partial charge is 0.132 e. The molecule has 2 aromatic heterocycles. The minimum absolute atomic E-state index is 0.538. The fraction of sp³-hybridized carbons (Fsp3) is 0.467. The molecule has 0 N–H and O–H groups in total. The zero-order valence-electron chi connectivity index (χ0n) is 12.0. The second kappa shape index (κ2) is 5.53. The number of hydrogen-bond donors (Lipinski definition) is 0. The van der Waals surface area contributed by atoms with E-state index in [9.17, 15) is 0 Å². The van der Waals surface area contributed by atoms with Gasteiger partial charge in [0.2, 0.25) is 0 Å². The maximum Gasteiger partial charge on any atom is 0.132 e. The van der Waals surface area contributed by atoms with Gasteiger partial charge >= 0.3 is 0 Å². The Labute approximate surface area is 119 Å². The van der Waals surface area contributed by atoms with E-state index >= 15 is 0 Å². The second-order valence-corrected chi connectivity index (χ2v) is 5.31. The zero-order chi connectivity index (χ0) is 13.9. The van der Waals surface area contributed by atoms with Gasteiger partial charge in [-0.1, -0.05) is 0 Å². The van der Waals surface area contributed by atoms with Crippen LogP contribution < -0.4 is 4.90 Å². The van der Waals surface area contributed by atoms with Crippen molar-refractivity contribution in [1.82, 2.24) is 19.9 Å². The molecule has 1 aliphatic heterocycles. The van der Waals surface area contributed by atoms with Gasteiger partial charge in [0.25, 0.3) is 0 Å². The van der Waals surface area contributed by atoms with Crippen LogP contribution in [0.25, 0.3) is 0 Å². The fourth-order valence-corrected chi connectivity index (χ4v) is 2.72. The van der Waals surface area contributed by atoms with Crippen molar-refractivity contribution in [2.75, 3.05) is 18.0 Å². The Kier molecular flexibility index (Phi) is 3.58. The molecule has 5 heteroatoms. The normalized spacial score (nSPS) is 16.4. The van der Waals surface area contributed by atoms with Crippen LogP contribution in [-0.2, 0) is 0 Å². The average molecular weight is 269 g/mol. The Morgan fingerprint density at radius 2 is 1.90 bits per heavy atom. The molecule has 104 valence electrons. The van der Waals surface area contributed by atoms with E-state index in [4.69, 9.17) is 0 Å². The van der Waals surface area contributed by atoms with Gasteiger partial charge in [-0.2, -0.15) is 0 Å². The number of hydrogen-bond acceptors (Lipinski definition) is 5. The Balaban J connectivity index is 1.68. The van der Waals surface area contributed by atoms with Gasteiger partial charge in [0, 0.05) is 42.7 Å². The van der Waals surface area contributed by atoms with E-state index in [-0.39, 0.29) is 0 Å². The van der Waals surface area contributed by atoms with Gasteiger partial charge in [-0.25, -0.2) is 19.9 Å². The van der Waals surface area contributed by atoms with Crippen LogP contribution in [0.1, 0.15) is 36.0 Å². The number of nitrogens with zero attached hydrogens (tertiary/aromatic N) is 5. The Hall–Kier alpha value is -2.04. The number of piperidine rings is 1. The predicted molar refractivity (Wildman–Crippen MR) is 77.7 cm³/mol. The van der Waals surface area contributed by atoms with E-state index in [0.717, 1.165) is 43.3 Å². The first-order valence-corrected chi connectivity index (χ1v) is 7.05. The van der Waals surface area contributed by atoms with E-state index in [0.29, 0.717) is 5.92 Å². The summed E-state index contributed by atoms with van der Waals surface area (Å²) in [5.41, 5.74) is 2.19. The highest BCUT2D eigenvalue weighted by molar-refractivity contribution is 5.39. The molecule has 1 aliphatic rings. The molecule has 0 spiro atoms. The highest BCUT2D eigenvalue weighted by atomic mass is 15.2. The van der Waals surface area contributed by atoms with Crippen LogP contribution in [0, 0.1) is 13.8 Å². The van der Waals surface area contributed by atoms with Crippen LogP contribution in [0.15, 0.2) is 24.7 Å². The minimum atomic E-state index is 0.538. The number of aromatic nitrogens is 4. The average Bonchev–Trinajstić information content (AvgIpc) is 2.47. The Bertz CT molecular complexity index is 537. The highest BCUT2D eigenvalue weighted by Crippen LogP contribution is 2.28. The molecule has 5 nitrogen and oxygen atoms in total. The van der Waals surface area contributed by atoms with Crippen LogP contribution in [0.4, 0.5) is 5.82 Å². The summed E-state index contributed by atoms with van der Waals surface area (Å²) >= 11 is 0. The summed E-state index contributed by atoms with van der Waals surface area (Å²) in [4.78, 5) is 19.6. The monoisotopic (exact) mass is 269 g/mol.